The molecule has 1 aliphatic rings. The first-order valence-corrected chi connectivity index (χ1v) is 10.1. The summed E-state index contributed by atoms with van der Waals surface area (Å²) in [5.74, 6) is -0.282. The molecule has 2 unspecified atom stereocenters. The van der Waals surface area contributed by atoms with Crippen LogP contribution < -0.4 is 11.0 Å². The first-order chi connectivity index (χ1) is 13.5. The molecule has 0 spiro atoms. The number of nitrogens with zero attached hydrogens (tertiary/aromatic N) is 2. The molecule has 1 aromatic carbocycles. The van der Waals surface area contributed by atoms with Gasteiger partial charge in [0.15, 0.2) is 6.61 Å². The van der Waals surface area contributed by atoms with Crippen molar-refractivity contribution in [3.05, 3.63) is 34.7 Å². The summed E-state index contributed by atoms with van der Waals surface area (Å²) in [4.78, 5) is 36.7. The van der Waals surface area contributed by atoms with Crippen molar-refractivity contribution < 1.29 is 14.3 Å². The summed E-state index contributed by atoms with van der Waals surface area (Å²) < 4.78 is 8.38. The van der Waals surface area contributed by atoms with Crippen LogP contribution in [0, 0.1) is 5.92 Å². The average Bonchev–Trinajstić information content (AvgIpc) is 2.97. The molecule has 0 bridgehead atoms. The Bertz CT molecular complexity index is 899. The second-order valence-electron chi connectivity index (χ2n) is 7.51. The molecule has 7 nitrogen and oxygen atoms in total. The van der Waals surface area contributed by atoms with Crippen molar-refractivity contribution in [3.63, 3.8) is 0 Å². The van der Waals surface area contributed by atoms with Gasteiger partial charge in [0.1, 0.15) is 0 Å². The molecular weight excluding hydrogens is 358 g/mol. The van der Waals surface area contributed by atoms with E-state index in [1.807, 2.05) is 31.2 Å². The third-order valence-corrected chi connectivity index (χ3v) is 5.60. The quantitative estimate of drug-likeness (QED) is 0.740. The van der Waals surface area contributed by atoms with Gasteiger partial charge in [-0.3, -0.25) is 18.7 Å². The Kier molecular flexibility index (Phi) is 6.54. The Morgan fingerprint density at radius 3 is 2.50 bits per heavy atom. The number of carbonyl (C=O) groups is 2. The third kappa shape index (κ3) is 4.46. The number of hydrogen-bond acceptors (Lipinski definition) is 4. The largest absolute Gasteiger partial charge is 0.456 e. The molecule has 7 heteroatoms. The molecule has 2 aromatic rings. The summed E-state index contributed by atoms with van der Waals surface area (Å²) in [7, 11) is 0. The zero-order valence-corrected chi connectivity index (χ0v) is 16.6. The smallest absolute Gasteiger partial charge is 0.329 e. The fraction of sp³-hybridized carbons (Fsp3) is 0.571. The van der Waals surface area contributed by atoms with E-state index in [1.165, 1.54) is 6.42 Å². The van der Waals surface area contributed by atoms with E-state index in [9.17, 15) is 14.4 Å². The summed E-state index contributed by atoms with van der Waals surface area (Å²) in [5, 5.41) is 2.97. The standard InChI is InChI=1S/C21H29N3O4/c1-3-23-17-10-6-7-11-18(17)24(21(23)27)13-12-20(26)28-14-19(25)22-16-9-5-4-8-15(16)2/h6-7,10-11,15-16H,3-5,8-9,12-14H2,1-2H3,(H,22,25). The summed E-state index contributed by atoms with van der Waals surface area (Å²) >= 11 is 0. The van der Waals surface area contributed by atoms with Gasteiger partial charge < -0.3 is 10.1 Å². The highest BCUT2D eigenvalue weighted by atomic mass is 16.5. The average molecular weight is 387 g/mol. The lowest BCUT2D eigenvalue weighted by Crippen LogP contribution is -2.42. The van der Waals surface area contributed by atoms with Crippen molar-refractivity contribution in [2.45, 2.75) is 65.1 Å². The molecule has 1 aliphatic carbocycles. The van der Waals surface area contributed by atoms with Crippen LogP contribution >= 0.6 is 0 Å². The number of para-hydroxylation sites is 2. The number of hydrogen-bond donors (Lipinski definition) is 1. The Morgan fingerprint density at radius 1 is 1.14 bits per heavy atom. The molecule has 1 fully saturated rings. The SMILES string of the molecule is CCn1c(=O)n(CCC(=O)OCC(=O)NC2CCCCC2C)c2ccccc21. The molecule has 3 rings (SSSR count). The van der Waals surface area contributed by atoms with Crippen LogP contribution in [0.3, 0.4) is 0 Å². The molecule has 1 heterocycles. The highest BCUT2D eigenvalue weighted by molar-refractivity contribution is 5.81. The number of imidazole rings is 1. The second-order valence-corrected chi connectivity index (χ2v) is 7.51. The van der Waals surface area contributed by atoms with Gasteiger partial charge in [-0.25, -0.2) is 4.79 Å². The Hall–Kier alpha value is -2.57. The van der Waals surface area contributed by atoms with Crippen LogP contribution in [-0.4, -0.2) is 33.7 Å². The minimum absolute atomic E-state index is 0.0464. The minimum Gasteiger partial charge on any atom is -0.456 e. The summed E-state index contributed by atoms with van der Waals surface area (Å²) in [6.45, 7) is 4.58. The molecule has 1 aromatic heterocycles. The fourth-order valence-electron chi connectivity index (χ4n) is 3.99. The lowest BCUT2D eigenvalue weighted by molar-refractivity contribution is -0.149. The van der Waals surface area contributed by atoms with Crippen LogP contribution in [0.1, 0.15) is 46.0 Å². The van der Waals surface area contributed by atoms with Crippen LogP contribution in [0.2, 0.25) is 0 Å². The lowest BCUT2D eigenvalue weighted by atomic mass is 9.86. The van der Waals surface area contributed by atoms with Gasteiger partial charge in [-0.15, -0.1) is 0 Å². The summed E-state index contributed by atoms with van der Waals surface area (Å²) in [6, 6.07) is 7.68. The van der Waals surface area contributed by atoms with Gasteiger partial charge in [0, 0.05) is 19.1 Å². The fourth-order valence-corrected chi connectivity index (χ4v) is 3.99. The number of carbonyl (C=O) groups excluding carboxylic acids is 2. The van der Waals surface area contributed by atoms with Gasteiger partial charge in [0.25, 0.3) is 5.91 Å². The number of esters is 1. The van der Waals surface area contributed by atoms with Crippen LogP contribution in [0.5, 0.6) is 0 Å². The molecular formula is C21H29N3O4. The third-order valence-electron chi connectivity index (χ3n) is 5.60. The van der Waals surface area contributed by atoms with Gasteiger partial charge in [0.2, 0.25) is 0 Å². The predicted molar refractivity (Wildman–Crippen MR) is 107 cm³/mol. The van der Waals surface area contributed by atoms with Crippen molar-refractivity contribution in [1.29, 1.82) is 0 Å². The molecule has 0 aliphatic heterocycles. The van der Waals surface area contributed by atoms with Crippen LogP contribution in [0.25, 0.3) is 11.0 Å². The maximum atomic E-state index is 12.6. The van der Waals surface area contributed by atoms with E-state index in [0.717, 1.165) is 30.3 Å². The number of aryl methyl sites for hydroxylation is 2. The van der Waals surface area contributed by atoms with Crippen LogP contribution in [-0.2, 0) is 27.4 Å². The van der Waals surface area contributed by atoms with Crippen LogP contribution in [0.4, 0.5) is 0 Å². The number of amides is 1. The first kappa shape index (κ1) is 20.2. The summed E-state index contributed by atoms with van der Waals surface area (Å²) in [6.07, 6.45) is 4.46. The van der Waals surface area contributed by atoms with Gasteiger partial charge in [-0.2, -0.15) is 0 Å². The molecule has 2 atom stereocenters. The Morgan fingerprint density at radius 2 is 1.82 bits per heavy atom. The second kappa shape index (κ2) is 9.08. The van der Waals surface area contributed by atoms with Crippen molar-refractivity contribution in [2.24, 2.45) is 5.92 Å². The zero-order chi connectivity index (χ0) is 20.1. The van der Waals surface area contributed by atoms with E-state index in [4.69, 9.17) is 4.74 Å². The van der Waals surface area contributed by atoms with E-state index < -0.39 is 5.97 Å². The first-order valence-electron chi connectivity index (χ1n) is 10.1. The summed E-state index contributed by atoms with van der Waals surface area (Å²) in [5.41, 5.74) is 1.51. The van der Waals surface area contributed by atoms with Crippen molar-refractivity contribution >= 4 is 22.9 Å². The molecule has 1 saturated carbocycles. The maximum absolute atomic E-state index is 12.6. The molecule has 0 saturated heterocycles. The number of nitrogens with one attached hydrogen (secondary N) is 1. The van der Waals surface area contributed by atoms with Crippen LogP contribution in [0.15, 0.2) is 29.1 Å². The zero-order valence-electron chi connectivity index (χ0n) is 16.6. The van der Waals surface area contributed by atoms with Crippen molar-refractivity contribution in [3.8, 4) is 0 Å². The Balaban J connectivity index is 1.52. The van der Waals surface area contributed by atoms with Crippen molar-refractivity contribution in [1.82, 2.24) is 14.5 Å². The van der Waals surface area contributed by atoms with E-state index in [2.05, 4.69) is 12.2 Å². The van der Waals surface area contributed by atoms with Gasteiger partial charge >= 0.3 is 11.7 Å². The predicted octanol–water partition coefficient (Wildman–Crippen LogP) is 2.45. The number of ether oxygens (including phenoxy) is 1. The molecule has 1 amide bonds. The normalized spacial score (nSPS) is 19.5. The highest BCUT2D eigenvalue weighted by Crippen LogP contribution is 2.23. The maximum Gasteiger partial charge on any atom is 0.329 e. The van der Waals surface area contributed by atoms with Crippen molar-refractivity contribution in [2.75, 3.05) is 6.61 Å². The number of rotatable bonds is 7. The van der Waals surface area contributed by atoms with E-state index >= 15 is 0 Å². The van der Waals surface area contributed by atoms with E-state index in [-0.39, 0.29) is 37.2 Å². The highest BCUT2D eigenvalue weighted by Gasteiger charge is 2.23. The van der Waals surface area contributed by atoms with Gasteiger partial charge in [0.05, 0.1) is 17.5 Å². The van der Waals surface area contributed by atoms with E-state index in [1.54, 1.807) is 9.13 Å². The minimum atomic E-state index is -0.480. The topological polar surface area (TPSA) is 82.3 Å². The molecule has 0 radical (unpaired) electrons. The molecule has 1 N–H and O–H groups in total. The Labute approximate surface area is 164 Å². The molecule has 28 heavy (non-hydrogen) atoms. The van der Waals surface area contributed by atoms with E-state index in [0.29, 0.717) is 12.5 Å². The number of aromatic nitrogens is 2. The monoisotopic (exact) mass is 387 g/mol. The number of fused-ring (bicyclic) bond motifs is 1. The van der Waals surface area contributed by atoms with Gasteiger partial charge in [-0.1, -0.05) is 31.9 Å². The van der Waals surface area contributed by atoms with Gasteiger partial charge in [-0.05, 0) is 37.8 Å². The molecule has 152 valence electrons. The number of benzene rings is 1. The lowest BCUT2D eigenvalue weighted by Gasteiger charge is -2.29.